The molecule has 0 saturated heterocycles. The second-order valence-corrected chi connectivity index (χ2v) is 6.81. The molecular formula is C15H18N4O5S2. The third kappa shape index (κ3) is 4.82. The fraction of sp³-hybridized carbons (Fsp3) is 0.400. The van der Waals surface area contributed by atoms with Gasteiger partial charge in [-0.15, -0.1) is 11.3 Å². The predicted octanol–water partition coefficient (Wildman–Crippen LogP) is 2.26. The maximum absolute atomic E-state index is 12.3. The molecule has 9 nitrogen and oxygen atoms in total. The lowest BCUT2D eigenvalue weighted by atomic mass is 10.1. The lowest BCUT2D eigenvalue weighted by Crippen LogP contribution is -2.16. The molecular weight excluding hydrogens is 380 g/mol. The average Bonchev–Trinajstić information content (AvgIpc) is 3.21. The van der Waals surface area contributed by atoms with Gasteiger partial charge >= 0.3 is 11.9 Å². The molecule has 0 aromatic carbocycles. The van der Waals surface area contributed by atoms with E-state index in [9.17, 15) is 14.4 Å². The number of carbonyl (C=O) groups excluding carboxylic acids is 3. The summed E-state index contributed by atoms with van der Waals surface area (Å²) in [5, 5.41) is 9.74. The van der Waals surface area contributed by atoms with Crippen molar-refractivity contribution in [3.63, 3.8) is 0 Å². The maximum Gasteiger partial charge on any atom is 0.348 e. The van der Waals surface area contributed by atoms with Crippen molar-refractivity contribution < 1.29 is 23.9 Å². The van der Waals surface area contributed by atoms with Crippen LogP contribution in [0.15, 0.2) is 11.5 Å². The van der Waals surface area contributed by atoms with Gasteiger partial charge in [-0.3, -0.25) is 9.89 Å². The van der Waals surface area contributed by atoms with E-state index in [2.05, 4.69) is 20.5 Å². The number of ether oxygens (including phenoxy) is 2. The Bertz CT molecular complexity index is 788. The molecule has 0 atom stereocenters. The molecule has 0 fully saturated rings. The normalized spacial score (nSPS) is 10.4. The highest BCUT2D eigenvalue weighted by molar-refractivity contribution is 7.99. The number of hydrogen-bond acceptors (Lipinski definition) is 9. The van der Waals surface area contributed by atoms with E-state index in [1.807, 2.05) is 0 Å². The van der Waals surface area contributed by atoms with Gasteiger partial charge < -0.3 is 14.8 Å². The Kier molecular flexibility index (Phi) is 7.16. The van der Waals surface area contributed by atoms with Crippen LogP contribution in [0.1, 0.15) is 39.4 Å². The van der Waals surface area contributed by atoms with Gasteiger partial charge in [-0.25, -0.2) is 14.6 Å². The summed E-state index contributed by atoms with van der Waals surface area (Å²) in [6.45, 7) is 5.38. The van der Waals surface area contributed by atoms with Crippen molar-refractivity contribution in [2.45, 2.75) is 25.9 Å². The zero-order valence-electron chi connectivity index (χ0n) is 14.5. The molecule has 2 aromatic heterocycles. The summed E-state index contributed by atoms with van der Waals surface area (Å²) in [5.74, 6) is -1.44. The van der Waals surface area contributed by atoms with Gasteiger partial charge in [-0.05, 0) is 26.3 Å². The number of rotatable bonds is 8. The monoisotopic (exact) mass is 398 g/mol. The minimum Gasteiger partial charge on any atom is -0.462 e. The predicted molar refractivity (Wildman–Crippen MR) is 96.7 cm³/mol. The maximum atomic E-state index is 12.3. The Morgan fingerprint density at radius 2 is 1.92 bits per heavy atom. The smallest absolute Gasteiger partial charge is 0.348 e. The molecule has 0 aliphatic carbocycles. The van der Waals surface area contributed by atoms with Gasteiger partial charge in [0.2, 0.25) is 5.91 Å². The molecule has 0 unspecified atom stereocenters. The fourth-order valence-corrected chi connectivity index (χ4v) is 3.69. The molecule has 0 radical (unpaired) electrons. The van der Waals surface area contributed by atoms with Crippen LogP contribution in [0.2, 0.25) is 0 Å². The lowest BCUT2D eigenvalue weighted by molar-refractivity contribution is -0.113. The first-order chi connectivity index (χ1) is 12.5. The fourth-order valence-electron chi connectivity index (χ4n) is 2.00. The molecule has 0 bridgehead atoms. The van der Waals surface area contributed by atoms with Crippen LogP contribution in [-0.2, 0) is 14.3 Å². The van der Waals surface area contributed by atoms with Crippen molar-refractivity contribution in [3.05, 3.63) is 22.3 Å². The Labute approximate surface area is 157 Å². The van der Waals surface area contributed by atoms with Crippen molar-refractivity contribution in [2.24, 2.45) is 0 Å². The first-order valence-corrected chi connectivity index (χ1v) is 9.53. The van der Waals surface area contributed by atoms with E-state index in [1.165, 1.54) is 6.33 Å². The second kappa shape index (κ2) is 9.34. The summed E-state index contributed by atoms with van der Waals surface area (Å²) < 4.78 is 10.0. The largest absolute Gasteiger partial charge is 0.462 e. The van der Waals surface area contributed by atoms with Crippen molar-refractivity contribution in [1.82, 2.24) is 15.2 Å². The Hall–Kier alpha value is -2.40. The van der Waals surface area contributed by atoms with Gasteiger partial charge in [-0.1, -0.05) is 11.8 Å². The first-order valence-electron chi connectivity index (χ1n) is 7.73. The number of nitrogens with one attached hydrogen (secondary N) is 2. The van der Waals surface area contributed by atoms with Crippen LogP contribution < -0.4 is 5.32 Å². The molecule has 2 heterocycles. The summed E-state index contributed by atoms with van der Waals surface area (Å²) in [5.41, 5.74) is 0.586. The number of hydrogen-bond donors (Lipinski definition) is 2. The number of thioether (sulfide) groups is 1. The van der Waals surface area contributed by atoms with Crippen LogP contribution in [0.3, 0.4) is 0 Å². The second-order valence-electron chi connectivity index (χ2n) is 4.83. The van der Waals surface area contributed by atoms with Crippen LogP contribution in [0, 0.1) is 6.92 Å². The number of amides is 1. The minimum atomic E-state index is -0.602. The van der Waals surface area contributed by atoms with Gasteiger partial charge in [0.05, 0.1) is 24.5 Å². The Balaban J connectivity index is 2.21. The lowest BCUT2D eigenvalue weighted by Gasteiger charge is -2.06. The quantitative estimate of drug-likeness (QED) is 0.513. The zero-order valence-corrected chi connectivity index (χ0v) is 16.1. The van der Waals surface area contributed by atoms with E-state index in [1.54, 1.807) is 20.8 Å². The molecule has 11 heteroatoms. The van der Waals surface area contributed by atoms with E-state index in [-0.39, 0.29) is 40.3 Å². The number of aromatic nitrogens is 3. The van der Waals surface area contributed by atoms with Crippen LogP contribution in [0.25, 0.3) is 0 Å². The van der Waals surface area contributed by atoms with Gasteiger partial charge in [0, 0.05) is 0 Å². The van der Waals surface area contributed by atoms with E-state index in [0.29, 0.717) is 10.7 Å². The Morgan fingerprint density at radius 3 is 2.54 bits per heavy atom. The molecule has 1 amide bonds. The number of H-pyrrole nitrogens is 1. The molecule has 0 saturated carbocycles. The van der Waals surface area contributed by atoms with Gasteiger partial charge in [0.25, 0.3) is 0 Å². The van der Waals surface area contributed by atoms with Gasteiger partial charge in [-0.2, -0.15) is 5.10 Å². The molecule has 0 spiro atoms. The number of carbonyl (C=O) groups is 3. The zero-order chi connectivity index (χ0) is 19.1. The van der Waals surface area contributed by atoms with Crippen molar-refractivity contribution in [1.29, 1.82) is 0 Å². The molecule has 0 aliphatic heterocycles. The molecule has 2 rings (SSSR count). The first kappa shape index (κ1) is 19.9. The van der Waals surface area contributed by atoms with Crippen molar-refractivity contribution >= 4 is 45.9 Å². The van der Waals surface area contributed by atoms with E-state index in [4.69, 9.17) is 9.47 Å². The molecule has 0 aliphatic rings. The number of anilines is 1. The summed E-state index contributed by atoms with van der Waals surface area (Å²) >= 11 is 2.15. The van der Waals surface area contributed by atoms with Crippen molar-refractivity contribution in [3.8, 4) is 0 Å². The summed E-state index contributed by atoms with van der Waals surface area (Å²) in [4.78, 5) is 40.7. The summed E-state index contributed by atoms with van der Waals surface area (Å²) in [6.07, 6.45) is 1.34. The number of nitrogens with zero attached hydrogens (tertiary/aromatic N) is 2. The molecule has 140 valence electrons. The third-order valence-electron chi connectivity index (χ3n) is 3.07. The number of esters is 2. The molecule has 2 N–H and O–H groups in total. The summed E-state index contributed by atoms with van der Waals surface area (Å²) in [6, 6.07) is 0. The third-order valence-corrected chi connectivity index (χ3v) is 5.14. The minimum absolute atomic E-state index is 0.0587. The van der Waals surface area contributed by atoms with E-state index >= 15 is 0 Å². The van der Waals surface area contributed by atoms with Gasteiger partial charge in [0.1, 0.15) is 16.2 Å². The van der Waals surface area contributed by atoms with Crippen LogP contribution in [-0.4, -0.2) is 52.0 Å². The Morgan fingerprint density at radius 1 is 1.23 bits per heavy atom. The number of aromatic amines is 1. The highest BCUT2D eigenvalue weighted by Crippen LogP contribution is 2.34. The molecule has 26 heavy (non-hydrogen) atoms. The molecule has 2 aromatic rings. The highest BCUT2D eigenvalue weighted by Gasteiger charge is 2.27. The van der Waals surface area contributed by atoms with Crippen LogP contribution in [0.5, 0.6) is 0 Å². The standard InChI is InChI=1S/C15H18N4O5S2/c1-4-23-13(21)10-8(3)11(14(22)24-5-2)26-12(10)18-9(20)6-25-15-16-7-17-19-15/h7H,4-6H2,1-3H3,(H,18,20)(H,16,17,19). The van der Waals surface area contributed by atoms with Crippen LogP contribution in [0.4, 0.5) is 5.00 Å². The van der Waals surface area contributed by atoms with Gasteiger partial charge in [0.15, 0.2) is 5.16 Å². The van der Waals surface area contributed by atoms with Crippen LogP contribution >= 0.6 is 23.1 Å². The average molecular weight is 398 g/mol. The van der Waals surface area contributed by atoms with E-state index < -0.39 is 11.9 Å². The number of thiophene rings is 1. The summed E-state index contributed by atoms with van der Waals surface area (Å²) in [7, 11) is 0. The highest BCUT2D eigenvalue weighted by atomic mass is 32.2. The topological polar surface area (TPSA) is 123 Å². The SMILES string of the molecule is CCOC(=O)c1sc(NC(=O)CSc2ncn[nH]2)c(C(=O)OCC)c1C. The van der Waals surface area contributed by atoms with Crippen molar-refractivity contribution in [2.75, 3.05) is 24.3 Å². The van der Waals surface area contributed by atoms with E-state index in [0.717, 1.165) is 23.1 Å².